The lowest BCUT2D eigenvalue weighted by Gasteiger charge is -2.19. The van der Waals surface area contributed by atoms with Crippen LogP contribution in [0.15, 0.2) is 18.2 Å². The molecule has 0 radical (unpaired) electrons. The molecule has 0 bridgehead atoms. The molecule has 0 unspecified atom stereocenters. The second-order valence-corrected chi connectivity index (χ2v) is 5.12. The van der Waals surface area contributed by atoms with Gasteiger partial charge in [-0.3, -0.25) is 9.59 Å². The Bertz CT molecular complexity index is 528. The van der Waals surface area contributed by atoms with E-state index in [1.54, 1.807) is 0 Å². The lowest BCUT2D eigenvalue weighted by molar-refractivity contribution is -0.152. The molecular weight excluding hydrogens is 280 g/mol. The van der Waals surface area contributed by atoms with Gasteiger partial charge < -0.3 is 10.1 Å². The van der Waals surface area contributed by atoms with E-state index in [-0.39, 0.29) is 17.6 Å². The Morgan fingerprint density at radius 3 is 2.52 bits per heavy atom. The van der Waals surface area contributed by atoms with Crippen molar-refractivity contribution >= 4 is 17.6 Å². The summed E-state index contributed by atoms with van der Waals surface area (Å²) in [6.45, 7) is -0.422. The predicted molar refractivity (Wildman–Crippen MR) is 72.5 cm³/mol. The molecule has 0 heterocycles. The van der Waals surface area contributed by atoms with E-state index in [2.05, 4.69) is 5.32 Å². The molecule has 6 heteroatoms. The van der Waals surface area contributed by atoms with Crippen LogP contribution >= 0.6 is 0 Å². The second kappa shape index (κ2) is 7.15. The zero-order valence-electron chi connectivity index (χ0n) is 11.5. The van der Waals surface area contributed by atoms with E-state index in [9.17, 15) is 18.4 Å². The Morgan fingerprint density at radius 2 is 1.86 bits per heavy atom. The minimum atomic E-state index is -1.05. The van der Waals surface area contributed by atoms with Crippen molar-refractivity contribution in [3.05, 3.63) is 29.8 Å². The topological polar surface area (TPSA) is 55.4 Å². The van der Waals surface area contributed by atoms with Crippen LogP contribution in [0.2, 0.25) is 0 Å². The molecule has 0 saturated heterocycles. The molecule has 0 aromatic heterocycles. The summed E-state index contributed by atoms with van der Waals surface area (Å²) in [6.07, 6.45) is 4.72. The molecule has 0 aliphatic heterocycles. The van der Waals surface area contributed by atoms with Crippen LogP contribution in [0.5, 0.6) is 0 Å². The Balaban J connectivity index is 1.78. The van der Waals surface area contributed by atoms with Crippen LogP contribution in [0, 0.1) is 17.6 Å². The van der Waals surface area contributed by atoms with Crippen LogP contribution in [0.4, 0.5) is 14.5 Å². The highest BCUT2D eigenvalue weighted by atomic mass is 19.2. The van der Waals surface area contributed by atoms with Crippen LogP contribution < -0.4 is 5.32 Å². The van der Waals surface area contributed by atoms with Crippen molar-refractivity contribution < 1.29 is 23.1 Å². The van der Waals surface area contributed by atoms with Gasteiger partial charge in [0.25, 0.3) is 5.91 Å². The summed E-state index contributed by atoms with van der Waals surface area (Å²) in [5.74, 6) is -3.11. The molecule has 1 aliphatic rings. The number of halogens is 2. The standard InChI is InChI=1S/C15H17F2NO3/c16-12-7-6-11(8-13(12)17)18-14(19)9-21-15(20)10-4-2-1-3-5-10/h6-8,10H,1-5,9H2,(H,18,19). The number of hydrogen-bond donors (Lipinski definition) is 1. The molecule has 0 atom stereocenters. The van der Waals surface area contributed by atoms with Gasteiger partial charge >= 0.3 is 5.97 Å². The monoisotopic (exact) mass is 297 g/mol. The van der Waals surface area contributed by atoms with Gasteiger partial charge in [0.05, 0.1) is 5.92 Å². The van der Waals surface area contributed by atoms with E-state index in [0.29, 0.717) is 0 Å². The van der Waals surface area contributed by atoms with E-state index in [4.69, 9.17) is 4.74 Å². The van der Waals surface area contributed by atoms with Crippen LogP contribution in [0.25, 0.3) is 0 Å². The summed E-state index contributed by atoms with van der Waals surface area (Å²) in [5, 5.41) is 2.35. The van der Waals surface area contributed by atoms with Gasteiger partial charge in [0.15, 0.2) is 18.2 Å². The van der Waals surface area contributed by atoms with Crippen LogP contribution in [-0.4, -0.2) is 18.5 Å². The van der Waals surface area contributed by atoms with Gasteiger partial charge in [-0.1, -0.05) is 19.3 Å². The third-order valence-corrected chi connectivity index (χ3v) is 3.49. The molecule has 1 fully saturated rings. The molecule has 1 aromatic rings. The van der Waals surface area contributed by atoms with E-state index in [0.717, 1.165) is 44.2 Å². The summed E-state index contributed by atoms with van der Waals surface area (Å²) < 4.78 is 30.7. The number of ether oxygens (including phenoxy) is 1. The van der Waals surface area contributed by atoms with Crippen LogP contribution in [0.3, 0.4) is 0 Å². The third kappa shape index (κ3) is 4.51. The number of esters is 1. The van der Waals surface area contributed by atoms with E-state index in [1.165, 1.54) is 6.07 Å². The zero-order chi connectivity index (χ0) is 15.2. The molecule has 114 valence electrons. The summed E-state index contributed by atoms with van der Waals surface area (Å²) in [7, 11) is 0. The Hall–Kier alpha value is -1.98. The smallest absolute Gasteiger partial charge is 0.309 e. The van der Waals surface area contributed by atoms with Gasteiger partial charge in [0, 0.05) is 11.8 Å². The van der Waals surface area contributed by atoms with Gasteiger partial charge in [-0.05, 0) is 25.0 Å². The van der Waals surface area contributed by atoms with Crippen molar-refractivity contribution in [2.24, 2.45) is 5.92 Å². The molecule has 1 N–H and O–H groups in total. The number of carbonyl (C=O) groups excluding carboxylic acids is 2. The van der Waals surface area contributed by atoms with Gasteiger partial charge in [-0.25, -0.2) is 8.78 Å². The first-order valence-electron chi connectivity index (χ1n) is 6.98. The number of rotatable bonds is 4. The van der Waals surface area contributed by atoms with E-state index >= 15 is 0 Å². The molecule has 2 rings (SSSR count). The van der Waals surface area contributed by atoms with Gasteiger partial charge in [-0.2, -0.15) is 0 Å². The van der Waals surface area contributed by atoms with Gasteiger partial charge in [-0.15, -0.1) is 0 Å². The number of benzene rings is 1. The SMILES string of the molecule is O=C(COC(=O)C1CCCCC1)Nc1ccc(F)c(F)c1. The van der Waals surface area contributed by atoms with Gasteiger partial charge in [0.1, 0.15) is 0 Å². The summed E-state index contributed by atoms with van der Waals surface area (Å²) in [5.41, 5.74) is 0.118. The fraction of sp³-hybridized carbons (Fsp3) is 0.467. The Morgan fingerprint density at radius 1 is 1.14 bits per heavy atom. The normalized spacial score (nSPS) is 15.5. The van der Waals surface area contributed by atoms with Crippen molar-refractivity contribution in [3.8, 4) is 0 Å². The summed E-state index contributed by atoms with van der Waals surface area (Å²) >= 11 is 0. The van der Waals surface area contributed by atoms with Crippen molar-refractivity contribution in [2.45, 2.75) is 32.1 Å². The Kier molecular flexibility index (Phi) is 5.25. The lowest BCUT2D eigenvalue weighted by Crippen LogP contribution is -2.26. The Labute approximate surface area is 121 Å². The van der Waals surface area contributed by atoms with Crippen molar-refractivity contribution in [1.82, 2.24) is 0 Å². The highest BCUT2D eigenvalue weighted by Crippen LogP contribution is 2.24. The zero-order valence-corrected chi connectivity index (χ0v) is 11.5. The lowest BCUT2D eigenvalue weighted by atomic mass is 9.89. The number of anilines is 1. The molecule has 4 nitrogen and oxygen atoms in total. The minimum absolute atomic E-state index is 0.118. The highest BCUT2D eigenvalue weighted by Gasteiger charge is 2.23. The van der Waals surface area contributed by atoms with Gasteiger partial charge in [0.2, 0.25) is 0 Å². The third-order valence-electron chi connectivity index (χ3n) is 3.49. The molecule has 1 aromatic carbocycles. The molecular formula is C15H17F2NO3. The quantitative estimate of drug-likeness (QED) is 0.869. The first-order chi connectivity index (χ1) is 10.1. The van der Waals surface area contributed by atoms with Crippen molar-refractivity contribution in [3.63, 3.8) is 0 Å². The fourth-order valence-corrected chi connectivity index (χ4v) is 2.36. The van der Waals surface area contributed by atoms with Crippen LogP contribution in [0.1, 0.15) is 32.1 Å². The molecule has 0 spiro atoms. The maximum atomic E-state index is 13.0. The second-order valence-electron chi connectivity index (χ2n) is 5.12. The highest BCUT2D eigenvalue weighted by molar-refractivity contribution is 5.92. The molecule has 21 heavy (non-hydrogen) atoms. The summed E-state index contributed by atoms with van der Waals surface area (Å²) in [4.78, 5) is 23.3. The molecule has 1 saturated carbocycles. The first kappa shape index (κ1) is 15.4. The van der Waals surface area contributed by atoms with E-state index in [1.807, 2.05) is 0 Å². The average molecular weight is 297 g/mol. The van der Waals surface area contributed by atoms with Crippen molar-refractivity contribution in [2.75, 3.05) is 11.9 Å². The van der Waals surface area contributed by atoms with Crippen molar-refractivity contribution in [1.29, 1.82) is 0 Å². The molecule has 1 amide bonds. The fourth-order valence-electron chi connectivity index (χ4n) is 2.36. The molecule has 1 aliphatic carbocycles. The number of carbonyl (C=O) groups is 2. The predicted octanol–water partition coefficient (Wildman–Crippen LogP) is 3.03. The summed E-state index contributed by atoms with van der Waals surface area (Å²) in [6, 6.07) is 3.02. The number of nitrogens with one attached hydrogen (secondary N) is 1. The maximum absolute atomic E-state index is 13.0. The number of hydrogen-bond acceptors (Lipinski definition) is 3. The van der Waals surface area contributed by atoms with E-state index < -0.39 is 24.1 Å². The largest absolute Gasteiger partial charge is 0.455 e. The maximum Gasteiger partial charge on any atom is 0.309 e. The van der Waals surface area contributed by atoms with Crippen LogP contribution in [-0.2, 0) is 14.3 Å². The first-order valence-corrected chi connectivity index (χ1v) is 6.98. The average Bonchev–Trinajstić information content (AvgIpc) is 2.49. The minimum Gasteiger partial charge on any atom is -0.455 e. The number of amides is 1.